The van der Waals surface area contributed by atoms with Crippen LogP contribution in [0.2, 0.25) is 0 Å². The number of fused-ring (bicyclic) bond motifs is 1. The molecule has 2 aliphatic heterocycles. The van der Waals surface area contributed by atoms with Crippen molar-refractivity contribution in [3.63, 3.8) is 0 Å². The second-order valence-corrected chi connectivity index (χ2v) is 7.14. The van der Waals surface area contributed by atoms with Gasteiger partial charge >= 0.3 is 12.1 Å². The van der Waals surface area contributed by atoms with E-state index in [2.05, 4.69) is 0 Å². The SMILES string of the molecule is CC(C)(C)OC(=O)N1C[C@H]2C[C@@H](O)CN2C[C@@]1(C)C(=O)O. The summed E-state index contributed by atoms with van der Waals surface area (Å²) in [6.45, 7) is 7.68. The molecule has 0 radical (unpaired) electrons. The molecular weight excluding hydrogens is 276 g/mol. The molecule has 2 saturated heterocycles. The Kier molecular flexibility index (Phi) is 3.92. The van der Waals surface area contributed by atoms with E-state index in [9.17, 15) is 19.8 Å². The van der Waals surface area contributed by atoms with Gasteiger partial charge in [0.1, 0.15) is 5.60 Å². The molecule has 0 unspecified atom stereocenters. The van der Waals surface area contributed by atoms with E-state index in [1.165, 1.54) is 11.8 Å². The van der Waals surface area contributed by atoms with Gasteiger partial charge in [0.05, 0.1) is 6.10 Å². The summed E-state index contributed by atoms with van der Waals surface area (Å²) >= 11 is 0. The average molecular weight is 300 g/mol. The van der Waals surface area contributed by atoms with Crippen LogP contribution in [0.15, 0.2) is 0 Å². The van der Waals surface area contributed by atoms with Crippen molar-refractivity contribution in [1.82, 2.24) is 9.80 Å². The van der Waals surface area contributed by atoms with Gasteiger partial charge in [-0.2, -0.15) is 0 Å². The standard InChI is InChI=1S/C14H24N2O5/c1-13(2,3)21-12(20)16-6-9-5-10(17)7-15(9)8-14(16,4)11(18)19/h9-10,17H,5-8H2,1-4H3,(H,18,19)/t9-,10-,14+/m1/s1. The summed E-state index contributed by atoms with van der Waals surface area (Å²) in [5.74, 6) is -1.06. The second-order valence-electron chi connectivity index (χ2n) is 7.14. The van der Waals surface area contributed by atoms with Crippen molar-refractivity contribution < 1.29 is 24.5 Å². The van der Waals surface area contributed by atoms with Gasteiger partial charge < -0.3 is 14.9 Å². The molecule has 7 heteroatoms. The molecule has 2 rings (SSSR count). The minimum absolute atomic E-state index is 0.0139. The molecule has 120 valence electrons. The Hall–Kier alpha value is -1.34. The zero-order valence-corrected chi connectivity index (χ0v) is 13.0. The minimum Gasteiger partial charge on any atom is -0.479 e. The largest absolute Gasteiger partial charge is 0.479 e. The van der Waals surface area contributed by atoms with E-state index in [1.807, 2.05) is 4.90 Å². The summed E-state index contributed by atoms with van der Waals surface area (Å²) in [7, 11) is 0. The van der Waals surface area contributed by atoms with Crippen molar-refractivity contribution in [2.45, 2.75) is 57.4 Å². The third-order valence-electron chi connectivity index (χ3n) is 4.08. The Morgan fingerprint density at radius 1 is 1.29 bits per heavy atom. The first-order valence-electron chi connectivity index (χ1n) is 7.19. The molecule has 1 amide bonds. The van der Waals surface area contributed by atoms with Crippen LogP contribution in [0.1, 0.15) is 34.1 Å². The van der Waals surface area contributed by atoms with Gasteiger partial charge in [0.2, 0.25) is 0 Å². The van der Waals surface area contributed by atoms with Crippen molar-refractivity contribution in [3.8, 4) is 0 Å². The highest BCUT2D eigenvalue weighted by atomic mass is 16.6. The molecule has 7 nitrogen and oxygen atoms in total. The fraction of sp³-hybridized carbons (Fsp3) is 0.857. The summed E-state index contributed by atoms with van der Waals surface area (Å²) in [5, 5.41) is 19.3. The smallest absolute Gasteiger partial charge is 0.411 e. The Morgan fingerprint density at radius 2 is 1.90 bits per heavy atom. The lowest BCUT2D eigenvalue weighted by Crippen LogP contribution is -2.68. The molecule has 3 atom stereocenters. The van der Waals surface area contributed by atoms with Crippen LogP contribution in [0.25, 0.3) is 0 Å². The van der Waals surface area contributed by atoms with Crippen LogP contribution in [0.5, 0.6) is 0 Å². The summed E-state index contributed by atoms with van der Waals surface area (Å²) in [6, 6.07) is -0.0139. The van der Waals surface area contributed by atoms with E-state index in [1.54, 1.807) is 20.8 Å². The molecule has 0 aromatic heterocycles. The number of aliphatic carboxylic acids is 1. The number of carbonyl (C=O) groups is 2. The summed E-state index contributed by atoms with van der Waals surface area (Å²) < 4.78 is 5.34. The van der Waals surface area contributed by atoms with Gasteiger partial charge in [-0.15, -0.1) is 0 Å². The van der Waals surface area contributed by atoms with Crippen LogP contribution in [0.4, 0.5) is 4.79 Å². The fourth-order valence-corrected chi connectivity index (χ4v) is 3.01. The second kappa shape index (κ2) is 5.14. The van der Waals surface area contributed by atoms with Gasteiger partial charge in [-0.05, 0) is 34.1 Å². The number of piperazine rings is 1. The van der Waals surface area contributed by atoms with Gasteiger partial charge in [-0.3, -0.25) is 9.80 Å². The molecule has 2 heterocycles. The van der Waals surface area contributed by atoms with E-state index in [-0.39, 0.29) is 19.1 Å². The van der Waals surface area contributed by atoms with Crippen molar-refractivity contribution in [3.05, 3.63) is 0 Å². The van der Waals surface area contributed by atoms with Gasteiger partial charge in [0.25, 0.3) is 0 Å². The van der Waals surface area contributed by atoms with Crippen LogP contribution in [0, 0.1) is 0 Å². The number of carbonyl (C=O) groups excluding carboxylic acids is 1. The number of carboxylic acid groups (broad SMARTS) is 1. The molecule has 0 saturated carbocycles. The van der Waals surface area contributed by atoms with Crippen LogP contribution < -0.4 is 0 Å². The number of aliphatic hydroxyl groups is 1. The number of hydrogen-bond acceptors (Lipinski definition) is 5. The topological polar surface area (TPSA) is 90.3 Å². The van der Waals surface area contributed by atoms with Crippen LogP contribution in [-0.2, 0) is 9.53 Å². The molecule has 0 bridgehead atoms. The van der Waals surface area contributed by atoms with Crippen LogP contribution in [-0.4, -0.2) is 75.0 Å². The maximum absolute atomic E-state index is 12.4. The summed E-state index contributed by atoms with van der Waals surface area (Å²) in [4.78, 5) is 27.3. The van der Waals surface area contributed by atoms with Crippen molar-refractivity contribution in [1.29, 1.82) is 0 Å². The van der Waals surface area contributed by atoms with Gasteiger partial charge in [0.15, 0.2) is 5.54 Å². The minimum atomic E-state index is -1.34. The maximum atomic E-state index is 12.4. The lowest BCUT2D eigenvalue weighted by atomic mass is 9.94. The zero-order valence-electron chi connectivity index (χ0n) is 13.0. The van der Waals surface area contributed by atoms with E-state index < -0.39 is 29.3 Å². The lowest BCUT2D eigenvalue weighted by molar-refractivity contribution is -0.155. The molecule has 0 aliphatic carbocycles. The predicted octanol–water partition coefficient (Wildman–Crippen LogP) is 0.516. The number of amides is 1. The molecule has 21 heavy (non-hydrogen) atoms. The molecule has 2 aliphatic rings. The Bertz CT molecular complexity index is 447. The van der Waals surface area contributed by atoms with Crippen LogP contribution >= 0.6 is 0 Å². The quantitative estimate of drug-likeness (QED) is 0.733. The average Bonchev–Trinajstić information content (AvgIpc) is 2.64. The van der Waals surface area contributed by atoms with Gasteiger partial charge in [0, 0.05) is 25.7 Å². The Balaban J connectivity index is 2.24. The van der Waals surface area contributed by atoms with Crippen LogP contribution in [0.3, 0.4) is 0 Å². The van der Waals surface area contributed by atoms with Gasteiger partial charge in [-0.1, -0.05) is 0 Å². The molecule has 0 spiro atoms. The number of aliphatic hydroxyl groups excluding tert-OH is 1. The molecule has 0 aromatic rings. The molecular formula is C14H24N2O5. The van der Waals surface area contributed by atoms with E-state index >= 15 is 0 Å². The van der Waals surface area contributed by atoms with Crippen molar-refractivity contribution in [2.75, 3.05) is 19.6 Å². The molecule has 2 N–H and O–H groups in total. The zero-order chi connectivity index (χ0) is 16.0. The highest BCUT2D eigenvalue weighted by molar-refractivity contribution is 5.84. The lowest BCUT2D eigenvalue weighted by Gasteiger charge is -2.47. The highest BCUT2D eigenvalue weighted by Crippen LogP contribution is 2.32. The van der Waals surface area contributed by atoms with E-state index in [4.69, 9.17) is 4.74 Å². The van der Waals surface area contributed by atoms with Crippen molar-refractivity contribution >= 4 is 12.1 Å². The highest BCUT2D eigenvalue weighted by Gasteiger charge is 2.52. The van der Waals surface area contributed by atoms with E-state index in [0.29, 0.717) is 13.0 Å². The monoisotopic (exact) mass is 300 g/mol. The summed E-state index contributed by atoms with van der Waals surface area (Å²) in [6.07, 6.45) is -0.533. The first kappa shape index (κ1) is 16.0. The first-order chi connectivity index (χ1) is 9.53. The number of nitrogens with zero attached hydrogens (tertiary/aromatic N) is 2. The third-order valence-corrected chi connectivity index (χ3v) is 4.08. The Morgan fingerprint density at radius 3 is 2.43 bits per heavy atom. The Labute approximate surface area is 124 Å². The normalized spacial score (nSPS) is 33.7. The van der Waals surface area contributed by atoms with Gasteiger partial charge in [-0.25, -0.2) is 9.59 Å². The first-order valence-corrected chi connectivity index (χ1v) is 7.19. The molecule has 0 aromatic carbocycles. The predicted molar refractivity (Wildman–Crippen MR) is 75.0 cm³/mol. The number of carboxylic acids is 1. The third kappa shape index (κ3) is 3.13. The van der Waals surface area contributed by atoms with Crippen molar-refractivity contribution in [2.24, 2.45) is 0 Å². The van der Waals surface area contributed by atoms with E-state index in [0.717, 1.165) is 0 Å². The number of ether oxygens (including phenoxy) is 1. The summed E-state index contributed by atoms with van der Waals surface area (Å²) in [5.41, 5.74) is -2.02. The fourth-order valence-electron chi connectivity index (χ4n) is 3.01. The maximum Gasteiger partial charge on any atom is 0.411 e. The molecule has 2 fully saturated rings. The number of rotatable bonds is 1. The number of hydrogen-bond donors (Lipinski definition) is 2.